The summed E-state index contributed by atoms with van der Waals surface area (Å²) < 4.78 is 6.61. The fourth-order valence-electron chi connectivity index (χ4n) is 7.18. The summed E-state index contributed by atoms with van der Waals surface area (Å²) in [6.45, 7) is 6.85. The second kappa shape index (κ2) is 13.8. The molecule has 3 saturated heterocycles. The van der Waals surface area contributed by atoms with Gasteiger partial charge in [0, 0.05) is 49.0 Å². The van der Waals surface area contributed by atoms with E-state index in [0.29, 0.717) is 38.0 Å². The number of aliphatic hydroxyl groups is 1. The van der Waals surface area contributed by atoms with Crippen LogP contribution in [0, 0.1) is 11.8 Å². The molecule has 0 aliphatic carbocycles. The number of amides is 3. The van der Waals surface area contributed by atoms with E-state index in [4.69, 9.17) is 4.74 Å². The average Bonchev–Trinajstić information content (AvgIpc) is 3.61. The molecule has 0 aromatic heterocycles. The molecule has 3 heterocycles. The largest absolute Gasteiger partial charge is 0.396 e. The number of nitrogens with one attached hydrogen (secondary N) is 2. The molecule has 3 amide bonds. The third-order valence-corrected chi connectivity index (χ3v) is 10.1. The van der Waals surface area contributed by atoms with Gasteiger partial charge in [-0.25, -0.2) is 0 Å². The SMILES string of the molecule is CCN(CC)c1ccc(NC(=O)C2N(CCCCCCO)C(=O)[C@@H]3[C@@H](C(=O)NCc4ccccc4)[C@@H]4OC23CC4Br)cc1. The van der Waals surface area contributed by atoms with Gasteiger partial charge in [-0.05, 0) is 62.9 Å². The number of anilines is 2. The lowest BCUT2D eigenvalue weighted by Crippen LogP contribution is -2.54. The van der Waals surface area contributed by atoms with E-state index in [1.165, 1.54) is 0 Å². The molecule has 3 unspecified atom stereocenters. The zero-order valence-electron chi connectivity index (χ0n) is 25.0. The van der Waals surface area contributed by atoms with Crippen LogP contribution in [-0.2, 0) is 25.7 Å². The van der Waals surface area contributed by atoms with Crippen molar-refractivity contribution < 1.29 is 24.2 Å². The summed E-state index contributed by atoms with van der Waals surface area (Å²) in [5, 5.41) is 15.3. The number of benzene rings is 2. The summed E-state index contributed by atoms with van der Waals surface area (Å²) in [6, 6.07) is 16.5. The Balaban J connectivity index is 1.39. The van der Waals surface area contributed by atoms with E-state index in [9.17, 15) is 19.5 Å². The Labute approximate surface area is 262 Å². The lowest BCUT2D eigenvalue weighted by atomic mass is 9.70. The van der Waals surface area contributed by atoms with Gasteiger partial charge in [0.05, 0.1) is 17.9 Å². The summed E-state index contributed by atoms with van der Waals surface area (Å²) in [4.78, 5) is 45.7. The number of alkyl halides is 1. The lowest BCUT2D eigenvalue weighted by Gasteiger charge is -2.34. The van der Waals surface area contributed by atoms with Crippen LogP contribution in [0.1, 0.15) is 51.5 Å². The Hall–Kier alpha value is -2.95. The van der Waals surface area contributed by atoms with Gasteiger partial charge in [0.1, 0.15) is 11.6 Å². The van der Waals surface area contributed by atoms with E-state index in [2.05, 4.69) is 45.3 Å². The molecule has 5 rings (SSSR count). The number of carbonyl (C=O) groups is 3. The normalized spacial score (nSPS) is 27.3. The van der Waals surface area contributed by atoms with E-state index >= 15 is 0 Å². The first-order valence-electron chi connectivity index (χ1n) is 15.5. The van der Waals surface area contributed by atoms with Crippen molar-refractivity contribution in [3.8, 4) is 0 Å². The van der Waals surface area contributed by atoms with Gasteiger partial charge in [0.2, 0.25) is 17.7 Å². The van der Waals surface area contributed by atoms with Gasteiger partial charge in [0.15, 0.2) is 0 Å². The molecule has 0 saturated carbocycles. The van der Waals surface area contributed by atoms with Gasteiger partial charge in [-0.2, -0.15) is 0 Å². The van der Waals surface area contributed by atoms with Crippen molar-refractivity contribution in [3.05, 3.63) is 60.2 Å². The first-order valence-corrected chi connectivity index (χ1v) is 16.5. The first-order chi connectivity index (χ1) is 20.8. The quantitative estimate of drug-likeness (QED) is 0.209. The molecule has 2 aromatic rings. The van der Waals surface area contributed by atoms with Crippen molar-refractivity contribution in [2.24, 2.45) is 11.8 Å². The Morgan fingerprint density at radius 3 is 2.40 bits per heavy atom. The van der Waals surface area contributed by atoms with Crippen LogP contribution in [0.3, 0.4) is 0 Å². The minimum absolute atomic E-state index is 0.133. The molecule has 43 heavy (non-hydrogen) atoms. The fourth-order valence-corrected chi connectivity index (χ4v) is 8.12. The van der Waals surface area contributed by atoms with Gasteiger partial charge in [0.25, 0.3) is 0 Å². The van der Waals surface area contributed by atoms with Crippen LogP contribution in [-0.4, -0.2) is 76.5 Å². The van der Waals surface area contributed by atoms with Crippen molar-refractivity contribution in [3.63, 3.8) is 0 Å². The van der Waals surface area contributed by atoms with Crippen LogP contribution in [0.4, 0.5) is 11.4 Å². The van der Waals surface area contributed by atoms with E-state index < -0.39 is 29.6 Å². The summed E-state index contributed by atoms with van der Waals surface area (Å²) in [7, 11) is 0. The highest BCUT2D eigenvalue weighted by Gasteiger charge is 2.76. The van der Waals surface area contributed by atoms with Gasteiger partial charge in [-0.1, -0.05) is 59.1 Å². The van der Waals surface area contributed by atoms with Crippen LogP contribution in [0.5, 0.6) is 0 Å². The predicted molar refractivity (Wildman–Crippen MR) is 170 cm³/mol. The number of nitrogens with zero attached hydrogens (tertiary/aromatic N) is 2. The highest BCUT2D eigenvalue weighted by molar-refractivity contribution is 9.09. The number of fused-ring (bicyclic) bond motifs is 1. The van der Waals surface area contributed by atoms with Crippen molar-refractivity contribution >= 4 is 45.0 Å². The molecule has 10 heteroatoms. The van der Waals surface area contributed by atoms with Crippen LogP contribution < -0.4 is 15.5 Å². The average molecular weight is 656 g/mol. The second-order valence-corrected chi connectivity index (χ2v) is 12.9. The third-order valence-electron chi connectivity index (χ3n) is 9.22. The molecule has 3 aliphatic rings. The number of hydrogen-bond donors (Lipinski definition) is 3. The number of ether oxygens (including phenoxy) is 1. The number of aliphatic hydroxyl groups excluding tert-OH is 1. The van der Waals surface area contributed by atoms with Crippen LogP contribution in [0.2, 0.25) is 0 Å². The second-order valence-electron chi connectivity index (χ2n) is 11.7. The monoisotopic (exact) mass is 654 g/mol. The highest BCUT2D eigenvalue weighted by atomic mass is 79.9. The molecule has 232 valence electrons. The maximum absolute atomic E-state index is 14.2. The van der Waals surface area contributed by atoms with Gasteiger partial charge >= 0.3 is 0 Å². The van der Waals surface area contributed by atoms with Crippen molar-refractivity contribution in [1.29, 1.82) is 0 Å². The van der Waals surface area contributed by atoms with Gasteiger partial charge in [-0.3, -0.25) is 14.4 Å². The zero-order chi connectivity index (χ0) is 30.6. The fraction of sp³-hybridized carbons (Fsp3) is 0.545. The molecule has 3 fully saturated rings. The molecule has 9 nitrogen and oxygen atoms in total. The van der Waals surface area contributed by atoms with Crippen molar-refractivity contribution in [2.45, 2.75) is 75.1 Å². The van der Waals surface area contributed by atoms with E-state index in [-0.39, 0.29) is 29.2 Å². The summed E-state index contributed by atoms with van der Waals surface area (Å²) in [5.41, 5.74) is 1.60. The number of carbonyl (C=O) groups excluding carboxylic acids is 3. The number of unbranched alkanes of at least 4 members (excludes halogenated alkanes) is 3. The Bertz CT molecular complexity index is 1270. The third kappa shape index (κ3) is 6.19. The number of hydrogen-bond acceptors (Lipinski definition) is 6. The first kappa shape index (κ1) is 31.5. The van der Waals surface area contributed by atoms with E-state index in [1.807, 2.05) is 54.6 Å². The topological polar surface area (TPSA) is 111 Å². The zero-order valence-corrected chi connectivity index (χ0v) is 26.6. The molecule has 0 radical (unpaired) electrons. The Kier molecular flexibility index (Phi) is 10.1. The maximum Gasteiger partial charge on any atom is 0.250 e. The number of halogens is 1. The maximum atomic E-state index is 14.2. The van der Waals surface area contributed by atoms with Crippen molar-refractivity contribution in [1.82, 2.24) is 10.2 Å². The van der Waals surface area contributed by atoms with Crippen LogP contribution >= 0.6 is 15.9 Å². The molecule has 1 spiro atoms. The Morgan fingerprint density at radius 2 is 1.72 bits per heavy atom. The molecule has 3 aliphatic heterocycles. The molecular formula is C33H43BrN4O5. The molecule has 6 atom stereocenters. The van der Waals surface area contributed by atoms with Crippen LogP contribution in [0.15, 0.2) is 54.6 Å². The van der Waals surface area contributed by atoms with Gasteiger partial charge in [-0.15, -0.1) is 0 Å². The minimum Gasteiger partial charge on any atom is -0.396 e. The van der Waals surface area contributed by atoms with Crippen LogP contribution in [0.25, 0.3) is 0 Å². The van der Waals surface area contributed by atoms with E-state index in [0.717, 1.165) is 37.2 Å². The molecule has 2 bridgehead atoms. The minimum atomic E-state index is -1.10. The highest BCUT2D eigenvalue weighted by Crippen LogP contribution is 2.60. The molecule has 2 aromatic carbocycles. The summed E-state index contributed by atoms with van der Waals surface area (Å²) in [6.07, 6.45) is 3.04. The van der Waals surface area contributed by atoms with E-state index in [1.54, 1.807) is 4.90 Å². The molecule has 3 N–H and O–H groups in total. The van der Waals surface area contributed by atoms with Gasteiger partial charge < -0.3 is 30.3 Å². The standard InChI is InChI=1S/C33H43BrN4O5/c1-3-37(4-2)24-16-14-23(15-17-24)36-31(41)29-33-20-25(34)28(43-33)26(30(40)35-21-22-12-8-7-9-13-22)27(33)32(42)38(29)18-10-5-6-11-19-39/h7-9,12-17,25-29,39H,3-6,10-11,18-21H2,1-2H3,(H,35,40)(H,36,41)/t25?,26-,27+,28-,29?,33?/m1/s1. The smallest absolute Gasteiger partial charge is 0.250 e. The van der Waals surface area contributed by atoms with Crippen molar-refractivity contribution in [2.75, 3.05) is 36.5 Å². The summed E-state index contributed by atoms with van der Waals surface area (Å²) in [5.74, 6) is -2.15. The number of likely N-dealkylation sites (tertiary alicyclic amines) is 1. The lowest BCUT2D eigenvalue weighted by molar-refractivity contribution is -0.140. The predicted octanol–water partition coefficient (Wildman–Crippen LogP) is 4.09. The Morgan fingerprint density at radius 1 is 1.02 bits per heavy atom. The summed E-state index contributed by atoms with van der Waals surface area (Å²) >= 11 is 3.74. The molecular weight excluding hydrogens is 612 g/mol. The number of rotatable bonds is 14.